The summed E-state index contributed by atoms with van der Waals surface area (Å²) in [5.74, 6) is -0.196. The van der Waals surface area contributed by atoms with Gasteiger partial charge < -0.3 is 5.32 Å². The van der Waals surface area contributed by atoms with E-state index in [9.17, 15) is 4.39 Å². The van der Waals surface area contributed by atoms with Crippen LogP contribution in [0.1, 0.15) is 29.7 Å². The Bertz CT molecular complexity index is 575. The number of hydrogen-bond donors (Lipinski definition) is 1. The van der Waals surface area contributed by atoms with Crippen LogP contribution in [0.3, 0.4) is 0 Å². The van der Waals surface area contributed by atoms with Crippen LogP contribution in [0.2, 0.25) is 0 Å². The van der Waals surface area contributed by atoms with Gasteiger partial charge in [-0.3, -0.25) is 0 Å². The predicted octanol–water partition coefficient (Wildman–Crippen LogP) is 5.38. The van der Waals surface area contributed by atoms with E-state index in [1.54, 1.807) is 6.07 Å². The number of halogens is 2. The molecule has 0 aliphatic heterocycles. The van der Waals surface area contributed by atoms with Crippen LogP contribution < -0.4 is 5.32 Å². The molecular formula is C16H17BrFN. The summed E-state index contributed by atoms with van der Waals surface area (Å²) >= 11 is 3.27. The summed E-state index contributed by atoms with van der Waals surface area (Å²) in [6, 6.07) is 11.3. The number of rotatable bonds is 3. The van der Waals surface area contributed by atoms with Crippen molar-refractivity contribution >= 4 is 21.6 Å². The van der Waals surface area contributed by atoms with Gasteiger partial charge in [0.25, 0.3) is 0 Å². The normalized spacial score (nSPS) is 12.3. The summed E-state index contributed by atoms with van der Waals surface area (Å²) in [7, 11) is 0. The molecule has 19 heavy (non-hydrogen) atoms. The van der Waals surface area contributed by atoms with Gasteiger partial charge in [-0.1, -0.05) is 28.1 Å². The van der Waals surface area contributed by atoms with Gasteiger partial charge in [-0.05, 0) is 56.2 Å². The van der Waals surface area contributed by atoms with Crippen LogP contribution in [0.5, 0.6) is 0 Å². The van der Waals surface area contributed by atoms with Crippen LogP contribution in [0.25, 0.3) is 0 Å². The van der Waals surface area contributed by atoms with Crippen molar-refractivity contribution in [2.45, 2.75) is 26.8 Å². The first-order valence-corrected chi connectivity index (χ1v) is 7.05. The highest BCUT2D eigenvalue weighted by Crippen LogP contribution is 2.25. The summed E-state index contributed by atoms with van der Waals surface area (Å²) in [4.78, 5) is 0. The van der Waals surface area contributed by atoms with Crippen molar-refractivity contribution in [3.63, 3.8) is 0 Å². The van der Waals surface area contributed by atoms with E-state index in [0.29, 0.717) is 5.56 Å². The first-order valence-electron chi connectivity index (χ1n) is 6.25. The molecule has 1 nitrogen and oxygen atoms in total. The predicted molar refractivity (Wildman–Crippen MR) is 82.1 cm³/mol. The fourth-order valence-corrected chi connectivity index (χ4v) is 2.57. The zero-order valence-corrected chi connectivity index (χ0v) is 12.9. The second kappa shape index (κ2) is 5.74. The maximum Gasteiger partial charge on any atom is 0.129 e. The molecule has 0 aromatic heterocycles. The molecule has 1 N–H and O–H groups in total. The van der Waals surface area contributed by atoms with Crippen LogP contribution >= 0.6 is 15.9 Å². The van der Waals surface area contributed by atoms with Crippen molar-refractivity contribution in [3.8, 4) is 0 Å². The van der Waals surface area contributed by atoms with Crippen molar-refractivity contribution < 1.29 is 4.39 Å². The van der Waals surface area contributed by atoms with E-state index in [1.807, 2.05) is 13.0 Å². The average molecular weight is 322 g/mol. The van der Waals surface area contributed by atoms with Crippen LogP contribution in [-0.4, -0.2) is 0 Å². The summed E-state index contributed by atoms with van der Waals surface area (Å²) in [6.45, 7) is 6.08. The van der Waals surface area contributed by atoms with Crippen molar-refractivity contribution in [1.29, 1.82) is 0 Å². The lowest BCUT2D eigenvalue weighted by Crippen LogP contribution is -2.08. The number of hydrogen-bond acceptors (Lipinski definition) is 1. The Morgan fingerprint density at radius 3 is 2.26 bits per heavy atom. The van der Waals surface area contributed by atoms with Gasteiger partial charge in [-0.15, -0.1) is 0 Å². The lowest BCUT2D eigenvalue weighted by molar-refractivity contribution is 0.599. The average Bonchev–Trinajstić information content (AvgIpc) is 2.26. The molecule has 0 bridgehead atoms. The minimum Gasteiger partial charge on any atom is -0.378 e. The van der Waals surface area contributed by atoms with E-state index in [4.69, 9.17) is 0 Å². The minimum absolute atomic E-state index is 0.0747. The molecule has 0 radical (unpaired) electrons. The standard InChI is InChI=1S/C16H17BrFN/c1-10-6-11(2)8-14(7-10)19-12(3)15-5-4-13(17)9-16(15)18/h4-9,12,19H,1-3H3. The molecule has 0 saturated heterocycles. The topological polar surface area (TPSA) is 12.0 Å². The lowest BCUT2D eigenvalue weighted by atomic mass is 10.1. The monoisotopic (exact) mass is 321 g/mol. The van der Waals surface area contributed by atoms with Crippen molar-refractivity contribution in [3.05, 3.63) is 63.4 Å². The van der Waals surface area contributed by atoms with Crippen molar-refractivity contribution in [1.82, 2.24) is 0 Å². The van der Waals surface area contributed by atoms with E-state index < -0.39 is 0 Å². The van der Waals surface area contributed by atoms with E-state index in [-0.39, 0.29) is 11.9 Å². The van der Waals surface area contributed by atoms with Gasteiger partial charge in [0, 0.05) is 15.7 Å². The zero-order chi connectivity index (χ0) is 14.0. The Kier molecular flexibility index (Phi) is 4.25. The molecular weight excluding hydrogens is 305 g/mol. The van der Waals surface area contributed by atoms with E-state index in [2.05, 4.69) is 53.3 Å². The van der Waals surface area contributed by atoms with Crippen LogP contribution in [-0.2, 0) is 0 Å². The van der Waals surface area contributed by atoms with Crippen molar-refractivity contribution in [2.24, 2.45) is 0 Å². The van der Waals surface area contributed by atoms with Gasteiger partial charge >= 0.3 is 0 Å². The Morgan fingerprint density at radius 1 is 1.05 bits per heavy atom. The molecule has 100 valence electrons. The molecule has 1 unspecified atom stereocenters. The highest BCUT2D eigenvalue weighted by Gasteiger charge is 2.11. The summed E-state index contributed by atoms with van der Waals surface area (Å²) in [6.07, 6.45) is 0. The molecule has 1 atom stereocenters. The molecule has 0 heterocycles. The number of aryl methyl sites for hydroxylation is 2. The molecule has 0 aliphatic rings. The first-order chi connectivity index (χ1) is 8.95. The van der Waals surface area contributed by atoms with Crippen LogP contribution in [0.15, 0.2) is 40.9 Å². The first kappa shape index (κ1) is 14.1. The van der Waals surface area contributed by atoms with Crippen LogP contribution in [0.4, 0.5) is 10.1 Å². The Hall–Kier alpha value is -1.35. The second-order valence-corrected chi connectivity index (χ2v) is 5.82. The van der Waals surface area contributed by atoms with E-state index in [1.165, 1.54) is 17.2 Å². The largest absolute Gasteiger partial charge is 0.378 e. The molecule has 2 rings (SSSR count). The molecule has 0 saturated carbocycles. The third-order valence-corrected chi connectivity index (χ3v) is 3.53. The Balaban J connectivity index is 2.22. The van der Waals surface area contributed by atoms with Gasteiger partial charge in [0.05, 0.1) is 6.04 Å². The van der Waals surface area contributed by atoms with Crippen molar-refractivity contribution in [2.75, 3.05) is 5.32 Å². The van der Waals surface area contributed by atoms with Gasteiger partial charge in [-0.2, -0.15) is 0 Å². The number of nitrogens with one attached hydrogen (secondary N) is 1. The van der Waals surface area contributed by atoms with E-state index in [0.717, 1.165) is 10.2 Å². The molecule has 3 heteroatoms. The summed E-state index contributed by atoms with van der Waals surface area (Å²) in [5, 5.41) is 3.34. The smallest absolute Gasteiger partial charge is 0.129 e. The Labute approximate surface area is 122 Å². The molecule has 0 amide bonds. The SMILES string of the molecule is Cc1cc(C)cc(NC(C)c2ccc(Br)cc2F)c1. The fourth-order valence-electron chi connectivity index (χ4n) is 2.24. The molecule has 0 fully saturated rings. The van der Waals surface area contributed by atoms with Crippen LogP contribution in [0, 0.1) is 19.7 Å². The number of benzene rings is 2. The lowest BCUT2D eigenvalue weighted by Gasteiger charge is -2.17. The Morgan fingerprint density at radius 2 is 1.68 bits per heavy atom. The molecule has 0 aliphatic carbocycles. The highest BCUT2D eigenvalue weighted by molar-refractivity contribution is 9.10. The quantitative estimate of drug-likeness (QED) is 0.800. The van der Waals surface area contributed by atoms with Gasteiger partial charge in [0.15, 0.2) is 0 Å². The molecule has 2 aromatic carbocycles. The maximum absolute atomic E-state index is 13.9. The van der Waals surface area contributed by atoms with E-state index >= 15 is 0 Å². The second-order valence-electron chi connectivity index (χ2n) is 4.91. The summed E-state index contributed by atoms with van der Waals surface area (Å²) < 4.78 is 14.6. The fraction of sp³-hybridized carbons (Fsp3) is 0.250. The third-order valence-electron chi connectivity index (χ3n) is 3.03. The van der Waals surface area contributed by atoms with Gasteiger partial charge in [0.1, 0.15) is 5.82 Å². The minimum atomic E-state index is -0.196. The van der Waals surface area contributed by atoms with Gasteiger partial charge in [0.2, 0.25) is 0 Å². The summed E-state index contributed by atoms with van der Waals surface area (Å²) in [5.41, 5.74) is 4.09. The molecule has 2 aromatic rings. The van der Waals surface area contributed by atoms with Gasteiger partial charge in [-0.25, -0.2) is 4.39 Å². The third kappa shape index (κ3) is 3.57. The molecule has 0 spiro atoms. The highest BCUT2D eigenvalue weighted by atomic mass is 79.9. The zero-order valence-electron chi connectivity index (χ0n) is 11.3. The maximum atomic E-state index is 13.9. The number of anilines is 1.